The number of nitrogens with zero attached hydrogens (tertiary/aromatic N) is 5. The predicted molar refractivity (Wildman–Crippen MR) is 154 cm³/mol. The number of carbonyl (C=O) groups excluding carboxylic acids is 3. The average Bonchev–Trinajstić information content (AvgIpc) is 3.58. The van der Waals surface area contributed by atoms with Gasteiger partial charge in [0.25, 0.3) is 11.8 Å². The van der Waals surface area contributed by atoms with Crippen molar-refractivity contribution in [3.8, 4) is 0 Å². The fraction of sp³-hybridized carbons (Fsp3) is 0.400. The second-order valence-corrected chi connectivity index (χ2v) is 10.3. The van der Waals surface area contributed by atoms with Gasteiger partial charge in [-0.15, -0.1) is 5.10 Å². The van der Waals surface area contributed by atoms with Crippen molar-refractivity contribution in [2.45, 2.75) is 32.5 Å². The lowest BCUT2D eigenvalue weighted by atomic mass is 10.1. The number of hydrogen-bond acceptors (Lipinski definition) is 8. The fourth-order valence-electron chi connectivity index (χ4n) is 5.14. The summed E-state index contributed by atoms with van der Waals surface area (Å²) in [5.41, 5.74) is 3.36. The molecule has 2 aliphatic rings. The zero-order valence-corrected chi connectivity index (χ0v) is 23.7. The Bertz CT molecular complexity index is 1380. The SMILES string of the molecule is CCCOC(=O)n1nc(NC(=O)c2ccc(N3CCN(C)CC3)cc2)c2c1CN(C(=O)[C@H](OC)c1ccccc1)C2. The molecular formula is C30H36N6O5. The molecule has 0 unspecified atom stereocenters. The van der Waals surface area contributed by atoms with E-state index in [2.05, 4.69) is 27.3 Å². The summed E-state index contributed by atoms with van der Waals surface area (Å²) < 4.78 is 12.0. The number of likely N-dealkylation sites (N-methyl/N-ethyl adjacent to an activating group) is 1. The summed E-state index contributed by atoms with van der Waals surface area (Å²) >= 11 is 0. The lowest BCUT2D eigenvalue weighted by Crippen LogP contribution is -2.44. The predicted octanol–water partition coefficient (Wildman–Crippen LogP) is 3.51. The molecule has 11 nitrogen and oxygen atoms in total. The van der Waals surface area contributed by atoms with Gasteiger partial charge < -0.3 is 29.5 Å². The van der Waals surface area contributed by atoms with E-state index in [1.807, 2.05) is 49.4 Å². The van der Waals surface area contributed by atoms with Crippen LogP contribution in [-0.4, -0.2) is 84.4 Å². The van der Waals surface area contributed by atoms with Crippen molar-refractivity contribution in [1.82, 2.24) is 19.6 Å². The van der Waals surface area contributed by atoms with Gasteiger partial charge in [0.2, 0.25) is 0 Å². The minimum absolute atomic E-state index is 0.130. The van der Waals surface area contributed by atoms with Gasteiger partial charge in [0.05, 0.1) is 25.4 Å². The van der Waals surface area contributed by atoms with E-state index >= 15 is 0 Å². The minimum Gasteiger partial charge on any atom is -0.448 e. The van der Waals surface area contributed by atoms with Gasteiger partial charge in [-0.05, 0) is 43.3 Å². The standard InChI is InChI=1S/C30H36N6O5/c1-4-18-41-30(39)36-25-20-35(29(38)26(40-3)21-8-6-5-7-9-21)19-24(25)27(32-36)31-28(37)22-10-12-23(13-11-22)34-16-14-33(2)15-17-34/h5-13,26H,4,14-20H2,1-3H3,(H,31,32,37)/t26-/m1/s1. The fourth-order valence-corrected chi connectivity index (χ4v) is 5.14. The highest BCUT2D eigenvalue weighted by Gasteiger charge is 2.36. The van der Waals surface area contributed by atoms with Crippen LogP contribution in [-0.2, 0) is 27.4 Å². The number of carbonyl (C=O) groups is 3. The largest absolute Gasteiger partial charge is 0.448 e. The summed E-state index contributed by atoms with van der Waals surface area (Å²) in [6, 6.07) is 16.7. The summed E-state index contributed by atoms with van der Waals surface area (Å²) in [4.78, 5) is 45.8. The molecule has 0 radical (unpaired) electrons. The second-order valence-electron chi connectivity index (χ2n) is 10.3. The van der Waals surface area contributed by atoms with E-state index in [-0.39, 0.29) is 37.3 Å². The zero-order chi connectivity index (χ0) is 28.9. The highest BCUT2D eigenvalue weighted by molar-refractivity contribution is 6.04. The Morgan fingerprint density at radius 3 is 2.34 bits per heavy atom. The molecule has 216 valence electrons. The maximum absolute atomic E-state index is 13.5. The summed E-state index contributed by atoms with van der Waals surface area (Å²) in [5, 5.41) is 7.25. The Kier molecular flexibility index (Phi) is 8.65. The number of benzene rings is 2. The molecule has 2 aliphatic heterocycles. The van der Waals surface area contributed by atoms with E-state index in [1.165, 1.54) is 7.11 Å². The number of anilines is 2. The van der Waals surface area contributed by atoms with Crippen LogP contribution in [0.25, 0.3) is 0 Å². The van der Waals surface area contributed by atoms with Gasteiger partial charge in [0.1, 0.15) is 0 Å². The third-order valence-electron chi connectivity index (χ3n) is 7.49. The van der Waals surface area contributed by atoms with Crippen molar-refractivity contribution in [2.75, 3.05) is 57.2 Å². The van der Waals surface area contributed by atoms with E-state index in [9.17, 15) is 14.4 Å². The topological polar surface area (TPSA) is 109 Å². The molecule has 0 spiro atoms. The second kappa shape index (κ2) is 12.5. The zero-order valence-electron chi connectivity index (χ0n) is 23.7. The first-order chi connectivity index (χ1) is 19.9. The lowest BCUT2D eigenvalue weighted by molar-refractivity contribution is -0.143. The molecule has 1 aromatic heterocycles. The van der Waals surface area contributed by atoms with Gasteiger partial charge in [-0.1, -0.05) is 37.3 Å². The normalized spacial score (nSPS) is 15.9. The average molecular weight is 561 g/mol. The molecule has 1 saturated heterocycles. The number of rotatable bonds is 8. The van der Waals surface area contributed by atoms with Crippen molar-refractivity contribution >= 4 is 29.4 Å². The molecule has 1 fully saturated rings. The molecule has 3 aromatic rings. The Morgan fingerprint density at radius 1 is 0.976 bits per heavy atom. The Hall–Kier alpha value is -4.22. The van der Waals surface area contributed by atoms with Crippen LogP contribution in [0, 0.1) is 0 Å². The van der Waals surface area contributed by atoms with Crippen LogP contribution in [0.1, 0.15) is 46.6 Å². The summed E-state index contributed by atoms with van der Waals surface area (Å²) in [6.45, 7) is 6.28. The van der Waals surface area contributed by atoms with Gasteiger partial charge in [-0.3, -0.25) is 9.59 Å². The van der Waals surface area contributed by atoms with E-state index in [0.717, 1.165) is 42.1 Å². The highest BCUT2D eigenvalue weighted by Crippen LogP contribution is 2.32. The number of fused-ring (bicyclic) bond motifs is 1. The number of nitrogens with one attached hydrogen (secondary N) is 1. The first-order valence-electron chi connectivity index (χ1n) is 13.9. The molecule has 0 aliphatic carbocycles. The molecule has 2 amide bonds. The van der Waals surface area contributed by atoms with Gasteiger partial charge >= 0.3 is 6.09 Å². The third-order valence-corrected chi connectivity index (χ3v) is 7.49. The Balaban J connectivity index is 1.35. The van der Waals surface area contributed by atoms with Crippen LogP contribution >= 0.6 is 0 Å². The van der Waals surface area contributed by atoms with Crippen LogP contribution in [0.3, 0.4) is 0 Å². The molecule has 11 heteroatoms. The molecule has 3 heterocycles. The number of aromatic nitrogens is 2. The molecule has 5 rings (SSSR count). The lowest BCUT2D eigenvalue weighted by Gasteiger charge is -2.34. The number of ether oxygens (including phenoxy) is 2. The summed E-state index contributed by atoms with van der Waals surface area (Å²) in [6.07, 6.45) is -0.800. The molecule has 0 bridgehead atoms. The summed E-state index contributed by atoms with van der Waals surface area (Å²) in [7, 11) is 3.60. The molecule has 0 saturated carbocycles. The van der Waals surface area contributed by atoms with E-state index in [1.54, 1.807) is 17.0 Å². The van der Waals surface area contributed by atoms with Crippen molar-refractivity contribution in [2.24, 2.45) is 0 Å². The molecule has 1 atom stereocenters. The van der Waals surface area contributed by atoms with Crippen molar-refractivity contribution in [1.29, 1.82) is 0 Å². The van der Waals surface area contributed by atoms with E-state index < -0.39 is 12.2 Å². The van der Waals surface area contributed by atoms with Gasteiger partial charge in [0, 0.05) is 50.1 Å². The quantitative estimate of drug-likeness (QED) is 0.446. The van der Waals surface area contributed by atoms with E-state index in [4.69, 9.17) is 9.47 Å². The monoisotopic (exact) mass is 560 g/mol. The van der Waals surface area contributed by atoms with Crippen LogP contribution in [0.4, 0.5) is 16.3 Å². The van der Waals surface area contributed by atoms with Crippen molar-refractivity contribution < 1.29 is 23.9 Å². The minimum atomic E-state index is -0.800. The molecule has 41 heavy (non-hydrogen) atoms. The van der Waals surface area contributed by atoms with Gasteiger partial charge in [-0.2, -0.15) is 4.68 Å². The number of amides is 2. The first kappa shape index (κ1) is 28.3. The summed E-state index contributed by atoms with van der Waals surface area (Å²) in [5.74, 6) is -0.376. The Labute approximate surface area is 239 Å². The van der Waals surface area contributed by atoms with Crippen LogP contribution in [0.15, 0.2) is 54.6 Å². The van der Waals surface area contributed by atoms with Crippen LogP contribution < -0.4 is 10.2 Å². The number of piperazine rings is 1. The van der Waals surface area contributed by atoms with Crippen LogP contribution in [0.2, 0.25) is 0 Å². The number of hydrogen-bond donors (Lipinski definition) is 1. The van der Waals surface area contributed by atoms with Gasteiger partial charge in [-0.25, -0.2) is 4.79 Å². The van der Waals surface area contributed by atoms with Crippen LogP contribution in [0.5, 0.6) is 0 Å². The van der Waals surface area contributed by atoms with Crippen molar-refractivity contribution in [3.63, 3.8) is 0 Å². The molecular weight excluding hydrogens is 524 g/mol. The van der Waals surface area contributed by atoms with Gasteiger partial charge in [0.15, 0.2) is 11.9 Å². The van der Waals surface area contributed by atoms with E-state index in [0.29, 0.717) is 23.2 Å². The number of methoxy groups -OCH3 is 1. The molecule has 1 N–H and O–H groups in total. The highest BCUT2D eigenvalue weighted by atomic mass is 16.6. The maximum atomic E-state index is 13.5. The smallest absolute Gasteiger partial charge is 0.435 e. The molecule has 2 aromatic carbocycles. The van der Waals surface area contributed by atoms with Crippen molar-refractivity contribution in [3.05, 3.63) is 77.0 Å². The maximum Gasteiger partial charge on any atom is 0.435 e. The Morgan fingerprint density at radius 2 is 1.68 bits per heavy atom. The first-order valence-corrected chi connectivity index (χ1v) is 13.9. The third kappa shape index (κ3) is 6.10.